The van der Waals surface area contributed by atoms with Crippen LogP contribution < -0.4 is 29.6 Å². The molecule has 0 aliphatic carbocycles. The quantitative estimate of drug-likeness (QED) is 0.862. The summed E-state index contributed by atoms with van der Waals surface area (Å²) in [6.07, 6.45) is 0.289. The molecule has 1 amide bonds. The van der Waals surface area contributed by atoms with Gasteiger partial charge in [-0.15, -0.1) is 0 Å². The van der Waals surface area contributed by atoms with Crippen LogP contribution in [0.25, 0.3) is 0 Å². The summed E-state index contributed by atoms with van der Waals surface area (Å²) in [6, 6.07) is 1.85. The van der Waals surface area contributed by atoms with Crippen molar-refractivity contribution < 1.29 is 23.7 Å². The van der Waals surface area contributed by atoms with Crippen molar-refractivity contribution in [2.45, 2.75) is 12.3 Å². The molecule has 0 unspecified atom stereocenters. The van der Waals surface area contributed by atoms with Gasteiger partial charge in [0.1, 0.15) is 5.82 Å². The molecule has 9 heteroatoms. The van der Waals surface area contributed by atoms with Crippen molar-refractivity contribution >= 4 is 28.2 Å². The molecule has 3 heterocycles. The number of carbonyl (C=O) groups is 1. The number of ether oxygens (including phenoxy) is 4. The van der Waals surface area contributed by atoms with E-state index in [2.05, 4.69) is 15.6 Å². The lowest BCUT2D eigenvalue weighted by molar-refractivity contribution is -0.116. The van der Waals surface area contributed by atoms with E-state index in [4.69, 9.17) is 18.9 Å². The summed E-state index contributed by atoms with van der Waals surface area (Å²) in [5, 5.41) is 6.58. The standard InChI is InChI=1S/C16H17N3O5S/c1-17-16-19-15-14(25-16)8(5-10(20)18-15)7-4-9(21-2)12-13(11(7)22-3)24-6-23-12/h4,8H,5-6H2,1-3H3,(H,17,19)(H,18,20)/t8-/m1/s1. The molecule has 0 bridgehead atoms. The molecule has 2 N–H and O–H groups in total. The summed E-state index contributed by atoms with van der Waals surface area (Å²) in [4.78, 5) is 17.6. The van der Waals surface area contributed by atoms with Gasteiger partial charge in [-0.1, -0.05) is 11.3 Å². The summed E-state index contributed by atoms with van der Waals surface area (Å²) in [7, 11) is 4.94. The van der Waals surface area contributed by atoms with E-state index < -0.39 is 0 Å². The highest BCUT2D eigenvalue weighted by atomic mass is 32.1. The van der Waals surface area contributed by atoms with Gasteiger partial charge >= 0.3 is 0 Å². The molecule has 0 saturated heterocycles. The molecule has 1 aromatic heterocycles. The summed E-state index contributed by atoms with van der Waals surface area (Å²) in [6.45, 7) is 0.104. The van der Waals surface area contributed by atoms with Gasteiger partial charge in [0.05, 0.1) is 19.1 Å². The molecular weight excluding hydrogens is 346 g/mol. The predicted molar refractivity (Wildman–Crippen MR) is 92.4 cm³/mol. The van der Waals surface area contributed by atoms with E-state index >= 15 is 0 Å². The van der Waals surface area contributed by atoms with Crippen LogP contribution in [-0.4, -0.2) is 39.0 Å². The predicted octanol–water partition coefficient (Wildman–Crippen LogP) is 2.40. The number of amides is 1. The summed E-state index contributed by atoms with van der Waals surface area (Å²) in [5.41, 5.74) is 0.811. The Hall–Kier alpha value is -2.68. The lowest BCUT2D eigenvalue weighted by Crippen LogP contribution is -2.23. The Balaban J connectivity index is 1.90. The minimum Gasteiger partial charge on any atom is -0.493 e. The van der Waals surface area contributed by atoms with Crippen LogP contribution in [0.1, 0.15) is 22.8 Å². The van der Waals surface area contributed by atoms with E-state index in [-0.39, 0.29) is 25.0 Å². The van der Waals surface area contributed by atoms with Crippen molar-refractivity contribution in [2.75, 3.05) is 38.7 Å². The minimum absolute atomic E-state index is 0.0934. The number of thiazole rings is 1. The van der Waals surface area contributed by atoms with Crippen LogP contribution in [0.2, 0.25) is 0 Å². The molecule has 1 aromatic carbocycles. The zero-order valence-electron chi connectivity index (χ0n) is 14.0. The van der Waals surface area contributed by atoms with Gasteiger partial charge in [0.2, 0.25) is 24.2 Å². The third-order valence-electron chi connectivity index (χ3n) is 4.22. The lowest BCUT2D eigenvalue weighted by Gasteiger charge is -2.24. The Bertz CT molecular complexity index is 851. The van der Waals surface area contributed by atoms with E-state index in [1.807, 2.05) is 6.07 Å². The summed E-state index contributed by atoms with van der Waals surface area (Å²) >= 11 is 1.50. The largest absolute Gasteiger partial charge is 0.493 e. The number of hydrogen-bond acceptors (Lipinski definition) is 8. The molecule has 0 spiro atoms. The molecule has 132 valence electrons. The Morgan fingerprint density at radius 2 is 2.12 bits per heavy atom. The zero-order chi connectivity index (χ0) is 17.6. The Morgan fingerprint density at radius 3 is 2.84 bits per heavy atom. The van der Waals surface area contributed by atoms with Gasteiger partial charge in [-0.3, -0.25) is 4.79 Å². The van der Waals surface area contributed by atoms with E-state index in [1.165, 1.54) is 11.3 Å². The van der Waals surface area contributed by atoms with Gasteiger partial charge in [-0.05, 0) is 6.07 Å². The Morgan fingerprint density at radius 1 is 1.32 bits per heavy atom. The van der Waals surface area contributed by atoms with Crippen LogP contribution in [0.5, 0.6) is 23.0 Å². The maximum absolute atomic E-state index is 12.2. The van der Waals surface area contributed by atoms with Gasteiger partial charge in [0.15, 0.2) is 16.6 Å². The molecule has 2 aliphatic heterocycles. The molecule has 0 fully saturated rings. The van der Waals surface area contributed by atoms with Crippen LogP contribution >= 0.6 is 11.3 Å². The molecule has 1 atom stereocenters. The molecule has 2 aromatic rings. The van der Waals surface area contributed by atoms with Crippen LogP contribution in [0.3, 0.4) is 0 Å². The van der Waals surface area contributed by atoms with E-state index in [9.17, 15) is 4.79 Å². The van der Waals surface area contributed by atoms with Crippen molar-refractivity contribution in [3.8, 4) is 23.0 Å². The highest BCUT2D eigenvalue weighted by Crippen LogP contribution is 2.54. The first-order valence-corrected chi connectivity index (χ1v) is 8.50. The lowest BCUT2D eigenvalue weighted by atomic mass is 9.90. The first-order valence-electron chi connectivity index (χ1n) is 7.69. The number of hydrogen-bond donors (Lipinski definition) is 2. The molecule has 0 radical (unpaired) electrons. The monoisotopic (exact) mass is 363 g/mol. The van der Waals surface area contributed by atoms with Crippen LogP contribution in [0, 0.1) is 0 Å². The SMILES string of the molecule is CNc1nc2c(s1)[C@@H](c1cc(OC)c3c(c1OC)OCO3)CC(=O)N2. The van der Waals surface area contributed by atoms with Gasteiger partial charge in [-0.2, -0.15) is 0 Å². The Labute approximate surface area is 148 Å². The highest BCUT2D eigenvalue weighted by molar-refractivity contribution is 7.16. The van der Waals surface area contributed by atoms with Crippen LogP contribution in [0.4, 0.5) is 10.9 Å². The smallest absolute Gasteiger partial charge is 0.231 e. The second kappa shape index (κ2) is 5.99. The molecule has 8 nitrogen and oxygen atoms in total. The van der Waals surface area contributed by atoms with Gasteiger partial charge in [0, 0.05) is 24.9 Å². The number of anilines is 2. The fourth-order valence-corrected chi connectivity index (χ4v) is 4.12. The van der Waals surface area contributed by atoms with Crippen LogP contribution in [-0.2, 0) is 4.79 Å². The zero-order valence-corrected chi connectivity index (χ0v) is 14.8. The average Bonchev–Trinajstić information content (AvgIpc) is 3.26. The van der Waals surface area contributed by atoms with Gasteiger partial charge < -0.3 is 29.6 Å². The maximum Gasteiger partial charge on any atom is 0.231 e. The number of fused-ring (bicyclic) bond motifs is 2. The van der Waals surface area contributed by atoms with Gasteiger partial charge in [0.25, 0.3) is 0 Å². The van der Waals surface area contributed by atoms with Crippen molar-refractivity contribution in [1.82, 2.24) is 4.98 Å². The van der Waals surface area contributed by atoms with E-state index in [0.29, 0.717) is 28.8 Å². The van der Waals surface area contributed by atoms with E-state index in [1.54, 1.807) is 21.3 Å². The molecule has 25 heavy (non-hydrogen) atoms. The third kappa shape index (κ3) is 2.42. The average molecular weight is 363 g/mol. The molecule has 2 aliphatic rings. The highest BCUT2D eigenvalue weighted by Gasteiger charge is 2.36. The minimum atomic E-state index is -0.207. The molecule has 0 saturated carbocycles. The first kappa shape index (κ1) is 15.8. The number of methoxy groups -OCH3 is 2. The Kier molecular flexibility index (Phi) is 3.79. The topological polar surface area (TPSA) is 90.9 Å². The number of rotatable bonds is 4. The summed E-state index contributed by atoms with van der Waals surface area (Å²) < 4.78 is 22.1. The van der Waals surface area contributed by atoms with Crippen LogP contribution in [0.15, 0.2) is 6.07 Å². The number of carbonyl (C=O) groups excluding carboxylic acids is 1. The number of aromatic nitrogens is 1. The van der Waals surface area contributed by atoms with Gasteiger partial charge in [-0.25, -0.2) is 4.98 Å². The fraction of sp³-hybridized carbons (Fsp3) is 0.375. The number of benzene rings is 1. The second-order valence-electron chi connectivity index (χ2n) is 5.55. The molecule has 4 rings (SSSR count). The van der Waals surface area contributed by atoms with E-state index in [0.717, 1.165) is 15.6 Å². The first-order chi connectivity index (χ1) is 12.2. The van der Waals surface area contributed by atoms with Crippen molar-refractivity contribution in [3.63, 3.8) is 0 Å². The van der Waals surface area contributed by atoms with Crippen molar-refractivity contribution in [3.05, 3.63) is 16.5 Å². The van der Waals surface area contributed by atoms with Crippen molar-refractivity contribution in [1.29, 1.82) is 0 Å². The second-order valence-corrected chi connectivity index (χ2v) is 6.58. The maximum atomic E-state index is 12.2. The number of nitrogens with zero attached hydrogens (tertiary/aromatic N) is 1. The fourth-order valence-electron chi connectivity index (χ4n) is 3.13. The third-order valence-corrected chi connectivity index (χ3v) is 5.41. The van der Waals surface area contributed by atoms with Crippen molar-refractivity contribution in [2.24, 2.45) is 0 Å². The molecular formula is C16H17N3O5S. The number of nitrogens with one attached hydrogen (secondary N) is 2. The summed E-state index contributed by atoms with van der Waals surface area (Å²) in [5.74, 6) is 2.40. The normalized spacial score (nSPS) is 17.7.